The van der Waals surface area contributed by atoms with Gasteiger partial charge in [-0.1, -0.05) is 11.6 Å². The molecule has 2 N–H and O–H groups in total. The molecule has 0 saturated heterocycles. The summed E-state index contributed by atoms with van der Waals surface area (Å²) in [6, 6.07) is 4.32. The van der Waals surface area contributed by atoms with Crippen molar-refractivity contribution in [3.8, 4) is 5.75 Å². The highest BCUT2D eigenvalue weighted by Crippen LogP contribution is 2.22. The molecule has 0 radical (unpaired) electrons. The maximum absolute atomic E-state index is 10.2. The molecule has 1 aromatic rings. The van der Waals surface area contributed by atoms with Crippen molar-refractivity contribution in [3.05, 3.63) is 34.9 Å². The monoisotopic (exact) mass is 198 g/mol. The smallest absolute Gasteiger partial charge is 0.328 e. The SMILES string of the molecule is O=C(O)/C=C/c1cc(O)ccc1Cl. The number of carboxylic acids is 1. The van der Waals surface area contributed by atoms with Gasteiger partial charge >= 0.3 is 5.97 Å². The maximum atomic E-state index is 10.2. The first-order valence-electron chi connectivity index (χ1n) is 3.49. The average Bonchev–Trinajstić information content (AvgIpc) is 2.06. The topological polar surface area (TPSA) is 57.5 Å². The van der Waals surface area contributed by atoms with E-state index in [1.807, 2.05) is 0 Å². The summed E-state index contributed by atoms with van der Waals surface area (Å²) in [6.07, 6.45) is 2.28. The normalized spacial score (nSPS) is 10.5. The molecule has 0 saturated carbocycles. The van der Waals surface area contributed by atoms with Gasteiger partial charge in [0.15, 0.2) is 0 Å². The number of hydrogen-bond donors (Lipinski definition) is 2. The Morgan fingerprint density at radius 1 is 1.46 bits per heavy atom. The fourth-order valence-corrected chi connectivity index (χ4v) is 1.00. The summed E-state index contributed by atoms with van der Waals surface area (Å²) >= 11 is 5.72. The van der Waals surface area contributed by atoms with E-state index in [1.165, 1.54) is 24.3 Å². The number of carboxylic acid groups (broad SMARTS) is 1. The zero-order valence-electron chi connectivity index (χ0n) is 6.57. The van der Waals surface area contributed by atoms with Crippen molar-refractivity contribution in [2.75, 3.05) is 0 Å². The number of hydrogen-bond acceptors (Lipinski definition) is 2. The van der Waals surface area contributed by atoms with Gasteiger partial charge in [-0.25, -0.2) is 4.79 Å². The predicted molar refractivity (Wildman–Crippen MR) is 49.8 cm³/mol. The minimum absolute atomic E-state index is 0.0504. The van der Waals surface area contributed by atoms with E-state index < -0.39 is 5.97 Å². The third-order valence-electron chi connectivity index (χ3n) is 1.39. The molecule has 0 heterocycles. The van der Waals surface area contributed by atoms with Crippen LogP contribution < -0.4 is 0 Å². The van der Waals surface area contributed by atoms with Crippen LogP contribution in [0.4, 0.5) is 0 Å². The summed E-state index contributed by atoms with van der Waals surface area (Å²) in [7, 11) is 0. The van der Waals surface area contributed by atoms with Crippen LogP contribution in [0.1, 0.15) is 5.56 Å². The Balaban J connectivity index is 3.00. The first-order chi connectivity index (χ1) is 6.09. The summed E-state index contributed by atoms with van der Waals surface area (Å²) in [5, 5.41) is 17.8. The molecule has 0 aliphatic heterocycles. The highest BCUT2D eigenvalue weighted by Gasteiger charge is 1.98. The van der Waals surface area contributed by atoms with Crippen molar-refractivity contribution in [1.82, 2.24) is 0 Å². The Morgan fingerprint density at radius 3 is 2.77 bits per heavy atom. The van der Waals surface area contributed by atoms with E-state index in [1.54, 1.807) is 0 Å². The molecular weight excluding hydrogens is 192 g/mol. The highest BCUT2D eigenvalue weighted by atomic mass is 35.5. The Labute approximate surface area is 79.9 Å². The summed E-state index contributed by atoms with van der Waals surface area (Å²) in [6.45, 7) is 0. The molecule has 1 rings (SSSR count). The van der Waals surface area contributed by atoms with Gasteiger partial charge in [0.25, 0.3) is 0 Å². The zero-order chi connectivity index (χ0) is 9.84. The van der Waals surface area contributed by atoms with Crippen molar-refractivity contribution in [2.45, 2.75) is 0 Å². The first-order valence-corrected chi connectivity index (χ1v) is 3.87. The van der Waals surface area contributed by atoms with Crippen LogP contribution in [0.3, 0.4) is 0 Å². The largest absolute Gasteiger partial charge is 0.508 e. The number of phenols is 1. The molecule has 0 spiro atoms. The molecule has 0 fully saturated rings. The molecule has 0 aliphatic carbocycles. The standard InChI is InChI=1S/C9H7ClO3/c10-8-3-2-7(11)5-6(8)1-4-9(12)13/h1-5,11H,(H,12,13)/b4-1+. The third-order valence-corrected chi connectivity index (χ3v) is 1.73. The molecule has 0 atom stereocenters. The van der Waals surface area contributed by atoms with Crippen LogP contribution in [0.2, 0.25) is 5.02 Å². The van der Waals surface area contributed by atoms with Gasteiger partial charge in [-0.2, -0.15) is 0 Å². The van der Waals surface area contributed by atoms with Crippen molar-refractivity contribution < 1.29 is 15.0 Å². The zero-order valence-corrected chi connectivity index (χ0v) is 7.32. The number of halogens is 1. The van der Waals surface area contributed by atoms with Crippen LogP contribution >= 0.6 is 11.6 Å². The van der Waals surface area contributed by atoms with E-state index in [2.05, 4.69) is 0 Å². The number of aliphatic carboxylic acids is 1. The van der Waals surface area contributed by atoms with Crippen LogP contribution in [-0.2, 0) is 4.79 Å². The summed E-state index contributed by atoms with van der Waals surface area (Å²) in [4.78, 5) is 10.2. The predicted octanol–water partition coefficient (Wildman–Crippen LogP) is 2.14. The van der Waals surface area contributed by atoms with Crippen LogP contribution in [0.25, 0.3) is 6.08 Å². The molecule has 3 nitrogen and oxygen atoms in total. The van der Waals surface area contributed by atoms with Gasteiger partial charge in [0.2, 0.25) is 0 Å². The summed E-state index contributed by atoms with van der Waals surface area (Å²) in [5.74, 6) is -1.01. The lowest BCUT2D eigenvalue weighted by molar-refractivity contribution is -0.131. The Kier molecular flexibility index (Phi) is 2.93. The quantitative estimate of drug-likeness (QED) is 0.716. The van der Waals surface area contributed by atoms with E-state index in [0.29, 0.717) is 10.6 Å². The lowest BCUT2D eigenvalue weighted by Crippen LogP contribution is -1.85. The van der Waals surface area contributed by atoms with E-state index in [-0.39, 0.29) is 5.75 Å². The van der Waals surface area contributed by atoms with E-state index >= 15 is 0 Å². The Hall–Kier alpha value is -1.48. The maximum Gasteiger partial charge on any atom is 0.328 e. The third kappa shape index (κ3) is 2.80. The molecule has 4 heteroatoms. The fraction of sp³-hybridized carbons (Fsp3) is 0. The number of benzene rings is 1. The second-order valence-electron chi connectivity index (χ2n) is 2.38. The van der Waals surface area contributed by atoms with Gasteiger partial charge in [0.05, 0.1) is 0 Å². The van der Waals surface area contributed by atoms with Crippen molar-refractivity contribution in [1.29, 1.82) is 0 Å². The van der Waals surface area contributed by atoms with Gasteiger partial charge in [-0.15, -0.1) is 0 Å². The second kappa shape index (κ2) is 3.96. The first kappa shape index (κ1) is 9.61. The fourth-order valence-electron chi connectivity index (χ4n) is 0.820. The molecular formula is C9H7ClO3. The number of rotatable bonds is 2. The van der Waals surface area contributed by atoms with Gasteiger partial charge in [-0.05, 0) is 29.8 Å². The van der Waals surface area contributed by atoms with E-state index in [4.69, 9.17) is 21.8 Å². The van der Waals surface area contributed by atoms with Gasteiger partial charge in [0, 0.05) is 11.1 Å². The van der Waals surface area contributed by atoms with Gasteiger partial charge in [0.1, 0.15) is 5.75 Å². The lowest BCUT2D eigenvalue weighted by atomic mass is 10.2. The van der Waals surface area contributed by atoms with Crippen LogP contribution in [0.5, 0.6) is 5.75 Å². The minimum atomic E-state index is -1.06. The lowest BCUT2D eigenvalue weighted by Gasteiger charge is -1.97. The minimum Gasteiger partial charge on any atom is -0.508 e. The summed E-state index contributed by atoms with van der Waals surface area (Å²) in [5.41, 5.74) is 0.476. The van der Waals surface area contributed by atoms with Crippen LogP contribution in [0.15, 0.2) is 24.3 Å². The van der Waals surface area contributed by atoms with Crippen molar-refractivity contribution in [3.63, 3.8) is 0 Å². The molecule has 13 heavy (non-hydrogen) atoms. The van der Waals surface area contributed by atoms with Crippen LogP contribution in [-0.4, -0.2) is 16.2 Å². The van der Waals surface area contributed by atoms with Crippen molar-refractivity contribution >= 4 is 23.6 Å². The molecule has 68 valence electrons. The number of aromatic hydroxyl groups is 1. The molecule has 1 aromatic carbocycles. The van der Waals surface area contributed by atoms with E-state index in [9.17, 15) is 4.79 Å². The van der Waals surface area contributed by atoms with Crippen LogP contribution in [0, 0.1) is 0 Å². The van der Waals surface area contributed by atoms with Crippen molar-refractivity contribution in [2.24, 2.45) is 0 Å². The number of carbonyl (C=O) groups is 1. The van der Waals surface area contributed by atoms with E-state index in [0.717, 1.165) is 6.08 Å². The highest BCUT2D eigenvalue weighted by molar-refractivity contribution is 6.32. The molecule has 0 aliphatic rings. The molecule has 0 amide bonds. The summed E-state index contributed by atoms with van der Waals surface area (Å²) < 4.78 is 0. The Bertz CT molecular complexity index is 358. The van der Waals surface area contributed by atoms with Gasteiger partial charge < -0.3 is 10.2 Å². The molecule has 0 aromatic heterocycles. The number of phenolic OH excluding ortho intramolecular Hbond substituents is 1. The van der Waals surface area contributed by atoms with Gasteiger partial charge in [-0.3, -0.25) is 0 Å². The molecule has 0 unspecified atom stereocenters. The Morgan fingerprint density at radius 2 is 2.15 bits per heavy atom. The molecule has 0 bridgehead atoms. The second-order valence-corrected chi connectivity index (χ2v) is 2.78. The average molecular weight is 199 g/mol.